The molecule has 4 rings (SSSR count). The van der Waals surface area contributed by atoms with Gasteiger partial charge in [-0.1, -0.05) is 12.1 Å². The molecule has 8 nitrogen and oxygen atoms in total. The smallest absolute Gasteiger partial charge is 0.274 e. The van der Waals surface area contributed by atoms with Crippen molar-refractivity contribution in [3.05, 3.63) is 82.5 Å². The molecule has 0 aliphatic heterocycles. The van der Waals surface area contributed by atoms with Gasteiger partial charge in [-0.15, -0.1) is 11.8 Å². The Morgan fingerprint density at radius 2 is 1.91 bits per heavy atom. The van der Waals surface area contributed by atoms with Crippen LogP contribution in [0.5, 0.6) is 5.75 Å². The van der Waals surface area contributed by atoms with Crippen LogP contribution in [0, 0.1) is 0 Å². The number of rotatable bonds is 7. The van der Waals surface area contributed by atoms with Gasteiger partial charge in [0.25, 0.3) is 17.2 Å². The first-order valence-electron chi connectivity index (χ1n) is 10.1. The largest absolute Gasteiger partial charge is 0.496 e. The molecule has 0 radical (unpaired) electrons. The van der Waals surface area contributed by atoms with Crippen LogP contribution in [0.1, 0.15) is 35.9 Å². The van der Waals surface area contributed by atoms with Crippen LogP contribution in [0.4, 0.5) is 5.69 Å². The molecule has 0 saturated carbocycles. The van der Waals surface area contributed by atoms with Gasteiger partial charge in [-0.25, -0.2) is 4.98 Å². The Kier molecular flexibility index (Phi) is 6.27. The van der Waals surface area contributed by atoms with Gasteiger partial charge in [0.2, 0.25) is 0 Å². The van der Waals surface area contributed by atoms with E-state index in [-0.39, 0.29) is 17.5 Å². The Labute approximate surface area is 189 Å². The number of benzene rings is 2. The summed E-state index contributed by atoms with van der Waals surface area (Å²) in [4.78, 5) is 34.8. The highest BCUT2D eigenvalue weighted by molar-refractivity contribution is 7.98. The van der Waals surface area contributed by atoms with Crippen molar-refractivity contribution in [3.63, 3.8) is 0 Å². The molecule has 0 spiro atoms. The van der Waals surface area contributed by atoms with E-state index in [9.17, 15) is 9.59 Å². The molecule has 4 aromatic rings. The van der Waals surface area contributed by atoms with Crippen molar-refractivity contribution in [2.24, 2.45) is 0 Å². The van der Waals surface area contributed by atoms with Crippen LogP contribution in [0.15, 0.2) is 70.6 Å². The van der Waals surface area contributed by atoms with E-state index >= 15 is 0 Å². The molecule has 0 atom stereocenters. The van der Waals surface area contributed by atoms with Crippen LogP contribution in [-0.2, 0) is 5.75 Å². The number of nitrogens with one attached hydrogen (secondary N) is 1. The molecule has 0 aliphatic carbocycles. The van der Waals surface area contributed by atoms with Crippen LogP contribution in [0.25, 0.3) is 5.78 Å². The highest BCUT2D eigenvalue weighted by atomic mass is 32.2. The standard InChI is InChI=1S/C23H23N5O3S/c1-15(2)27-14-24-23-26-17(12-21(29)28(23)27)13-32-18-10-8-16(9-11-18)25-22(30)19-6-4-5-7-20(19)31-3/h4-12,14-15H,13H2,1-3H3,(H,25,30). The first-order chi connectivity index (χ1) is 15.5. The second kappa shape index (κ2) is 9.27. The number of carbonyl (C=O) groups is 1. The first kappa shape index (κ1) is 21.6. The number of nitrogens with zero attached hydrogens (tertiary/aromatic N) is 4. The lowest BCUT2D eigenvalue weighted by atomic mass is 10.2. The van der Waals surface area contributed by atoms with Crippen molar-refractivity contribution in [1.82, 2.24) is 19.2 Å². The summed E-state index contributed by atoms with van der Waals surface area (Å²) in [7, 11) is 1.54. The van der Waals surface area contributed by atoms with E-state index in [1.165, 1.54) is 11.6 Å². The Morgan fingerprint density at radius 1 is 1.16 bits per heavy atom. The minimum atomic E-state index is -0.235. The van der Waals surface area contributed by atoms with Crippen LogP contribution in [-0.4, -0.2) is 32.2 Å². The molecule has 2 aromatic heterocycles. The van der Waals surface area contributed by atoms with E-state index < -0.39 is 0 Å². The number of methoxy groups -OCH3 is 1. The topological polar surface area (TPSA) is 90.5 Å². The average molecular weight is 450 g/mol. The second-order valence-electron chi connectivity index (χ2n) is 7.38. The molecule has 2 aromatic carbocycles. The number of carbonyl (C=O) groups excluding carboxylic acids is 1. The highest BCUT2D eigenvalue weighted by Crippen LogP contribution is 2.24. The summed E-state index contributed by atoms with van der Waals surface area (Å²) in [6.45, 7) is 3.97. The average Bonchev–Trinajstić information content (AvgIpc) is 3.23. The van der Waals surface area contributed by atoms with Crippen LogP contribution in [0.3, 0.4) is 0 Å². The number of ether oxygens (including phenoxy) is 1. The Morgan fingerprint density at radius 3 is 2.62 bits per heavy atom. The molecule has 0 aliphatic rings. The van der Waals surface area contributed by atoms with Crippen molar-refractivity contribution >= 4 is 29.1 Å². The summed E-state index contributed by atoms with van der Waals surface area (Å²) in [6, 6.07) is 16.2. The third-order valence-electron chi connectivity index (χ3n) is 4.83. The molecule has 9 heteroatoms. The van der Waals surface area contributed by atoms with Crippen molar-refractivity contribution in [3.8, 4) is 5.75 Å². The number of amides is 1. The van der Waals surface area contributed by atoms with Gasteiger partial charge >= 0.3 is 0 Å². The molecular formula is C23H23N5O3S. The zero-order chi connectivity index (χ0) is 22.7. The van der Waals surface area contributed by atoms with E-state index in [0.29, 0.717) is 34.2 Å². The van der Waals surface area contributed by atoms with Gasteiger partial charge in [0.15, 0.2) is 0 Å². The van der Waals surface area contributed by atoms with Crippen LogP contribution < -0.4 is 15.6 Å². The first-order valence-corrected chi connectivity index (χ1v) is 11.1. The number of hydrogen-bond acceptors (Lipinski definition) is 6. The van der Waals surface area contributed by atoms with E-state index in [0.717, 1.165) is 4.90 Å². The highest BCUT2D eigenvalue weighted by Gasteiger charge is 2.12. The maximum atomic E-state index is 12.5. The van der Waals surface area contributed by atoms with Gasteiger partial charge in [-0.3, -0.25) is 14.3 Å². The SMILES string of the molecule is COc1ccccc1C(=O)Nc1ccc(SCc2cc(=O)n3c(ncn3C(C)C)n2)cc1. The van der Waals surface area contributed by atoms with Gasteiger partial charge < -0.3 is 10.1 Å². The van der Waals surface area contributed by atoms with E-state index in [1.807, 2.05) is 44.2 Å². The van der Waals surface area contributed by atoms with Crippen molar-refractivity contribution in [1.29, 1.82) is 0 Å². The minimum Gasteiger partial charge on any atom is -0.496 e. The van der Waals surface area contributed by atoms with Crippen molar-refractivity contribution in [2.45, 2.75) is 30.5 Å². The summed E-state index contributed by atoms with van der Waals surface area (Å²) in [5.41, 5.74) is 1.68. The molecule has 0 unspecified atom stereocenters. The predicted octanol–water partition coefficient (Wildman–Crippen LogP) is 4.03. The number of aromatic nitrogens is 4. The van der Waals surface area contributed by atoms with E-state index in [2.05, 4.69) is 15.3 Å². The predicted molar refractivity (Wildman–Crippen MR) is 125 cm³/mol. The van der Waals surface area contributed by atoms with Gasteiger partial charge in [0, 0.05) is 28.4 Å². The lowest BCUT2D eigenvalue weighted by Crippen LogP contribution is -2.22. The molecule has 0 saturated heterocycles. The number of thioether (sulfide) groups is 1. The van der Waals surface area contributed by atoms with Gasteiger partial charge in [-0.2, -0.15) is 9.50 Å². The summed E-state index contributed by atoms with van der Waals surface area (Å²) in [5.74, 6) is 1.22. The van der Waals surface area contributed by atoms with Gasteiger partial charge in [-0.05, 0) is 50.2 Å². The number of hydrogen-bond donors (Lipinski definition) is 1. The summed E-state index contributed by atoms with van der Waals surface area (Å²) >= 11 is 1.56. The molecule has 0 bridgehead atoms. The number of fused-ring (bicyclic) bond motifs is 1. The van der Waals surface area contributed by atoms with Crippen LogP contribution in [0.2, 0.25) is 0 Å². The fourth-order valence-electron chi connectivity index (χ4n) is 3.23. The maximum Gasteiger partial charge on any atom is 0.274 e. The molecule has 164 valence electrons. The zero-order valence-corrected chi connectivity index (χ0v) is 18.8. The van der Waals surface area contributed by atoms with Gasteiger partial charge in [0.05, 0.1) is 18.4 Å². The van der Waals surface area contributed by atoms with E-state index in [1.54, 1.807) is 47.0 Å². The van der Waals surface area contributed by atoms with Crippen molar-refractivity contribution < 1.29 is 9.53 Å². The van der Waals surface area contributed by atoms with Crippen LogP contribution >= 0.6 is 11.8 Å². The molecule has 1 N–H and O–H groups in total. The number of para-hydroxylation sites is 1. The zero-order valence-electron chi connectivity index (χ0n) is 18.0. The second-order valence-corrected chi connectivity index (χ2v) is 8.43. The van der Waals surface area contributed by atoms with Crippen molar-refractivity contribution in [2.75, 3.05) is 12.4 Å². The maximum absolute atomic E-state index is 12.5. The Balaban J connectivity index is 1.42. The van der Waals surface area contributed by atoms with Gasteiger partial charge in [0.1, 0.15) is 12.1 Å². The Bertz CT molecular complexity index is 1310. The quantitative estimate of drug-likeness (QED) is 0.429. The normalized spacial score (nSPS) is 11.1. The van der Waals surface area contributed by atoms with E-state index in [4.69, 9.17) is 4.74 Å². The Hall–Kier alpha value is -3.59. The molecule has 0 fully saturated rings. The monoisotopic (exact) mass is 449 g/mol. The minimum absolute atomic E-state index is 0.113. The molecule has 1 amide bonds. The molecular weight excluding hydrogens is 426 g/mol. The molecule has 32 heavy (non-hydrogen) atoms. The lowest BCUT2D eigenvalue weighted by Gasteiger charge is -2.10. The third kappa shape index (κ3) is 4.52. The number of anilines is 1. The third-order valence-corrected chi connectivity index (χ3v) is 5.88. The lowest BCUT2D eigenvalue weighted by molar-refractivity contribution is 0.102. The summed E-state index contributed by atoms with van der Waals surface area (Å²) in [5, 5.41) is 2.88. The summed E-state index contributed by atoms with van der Waals surface area (Å²) in [6.07, 6.45) is 1.63. The fraction of sp³-hybridized carbons (Fsp3) is 0.217. The molecule has 2 heterocycles. The summed E-state index contributed by atoms with van der Waals surface area (Å²) < 4.78 is 8.49. The fourth-order valence-corrected chi connectivity index (χ4v) is 4.02.